The highest BCUT2D eigenvalue weighted by molar-refractivity contribution is 7.12. The number of thiophene rings is 2. The second-order valence-corrected chi connectivity index (χ2v) is 8.59. The molecule has 7 nitrogen and oxygen atoms in total. The van der Waals surface area contributed by atoms with Crippen molar-refractivity contribution >= 4 is 40.2 Å². The molecule has 0 aromatic carbocycles. The summed E-state index contributed by atoms with van der Waals surface area (Å²) in [6.07, 6.45) is 0.664. The lowest BCUT2D eigenvalue weighted by atomic mass is 10.1. The molecule has 0 N–H and O–H groups in total. The summed E-state index contributed by atoms with van der Waals surface area (Å²) in [5.74, 6) is -0.460. The number of hydrogen-bond acceptors (Lipinski definition) is 7. The van der Waals surface area contributed by atoms with Crippen molar-refractivity contribution in [3.8, 4) is 0 Å². The Balaban J connectivity index is 1.83. The van der Waals surface area contributed by atoms with Gasteiger partial charge in [0.2, 0.25) is 5.91 Å². The van der Waals surface area contributed by atoms with Gasteiger partial charge >= 0.3 is 0 Å². The minimum absolute atomic E-state index is 0.0618. The summed E-state index contributed by atoms with van der Waals surface area (Å²) < 4.78 is 10.0. The van der Waals surface area contributed by atoms with Gasteiger partial charge in [0.05, 0.1) is 23.2 Å². The van der Waals surface area contributed by atoms with E-state index < -0.39 is 0 Å². The third kappa shape index (κ3) is 5.11. The average Bonchev–Trinajstić information content (AvgIpc) is 3.44. The van der Waals surface area contributed by atoms with E-state index in [-0.39, 0.29) is 31.0 Å². The smallest absolute Gasteiger partial charge is 0.262 e. The average molecular weight is 436 g/mol. The Morgan fingerprint density at radius 1 is 1.24 bits per heavy atom. The lowest BCUT2D eigenvalue weighted by Crippen LogP contribution is -2.44. The molecule has 0 aliphatic carbocycles. The topological polar surface area (TPSA) is 71.4 Å². The summed E-state index contributed by atoms with van der Waals surface area (Å²) >= 11 is 3.24. The Morgan fingerprint density at radius 3 is 2.69 bits per heavy atom. The van der Waals surface area contributed by atoms with Gasteiger partial charge in [0.1, 0.15) is 13.2 Å². The Morgan fingerprint density at radius 2 is 2.07 bits per heavy atom. The zero-order chi connectivity index (χ0) is 20.8. The zero-order valence-corrected chi connectivity index (χ0v) is 18.4. The van der Waals surface area contributed by atoms with E-state index in [1.165, 1.54) is 12.0 Å². The zero-order valence-electron chi connectivity index (χ0n) is 16.8. The number of carbonyl (C=O) groups is 2. The number of carbonyl (C=O) groups excluding carboxylic acids is 2. The van der Waals surface area contributed by atoms with Crippen LogP contribution in [0.4, 0.5) is 0 Å². The number of methoxy groups -OCH3 is 2. The van der Waals surface area contributed by atoms with Gasteiger partial charge in [-0.25, -0.2) is 5.01 Å². The first-order valence-electron chi connectivity index (χ1n) is 9.28. The summed E-state index contributed by atoms with van der Waals surface area (Å²) in [6.45, 7) is 2.58. The van der Waals surface area contributed by atoms with Crippen LogP contribution in [0, 0.1) is 6.92 Å². The third-order valence-electron chi connectivity index (χ3n) is 4.69. The van der Waals surface area contributed by atoms with Gasteiger partial charge in [-0.3, -0.25) is 9.59 Å². The van der Waals surface area contributed by atoms with Crippen LogP contribution in [0.2, 0.25) is 0 Å². The molecule has 2 aromatic rings. The summed E-state index contributed by atoms with van der Waals surface area (Å²) in [5, 5.41) is 10.2. The van der Waals surface area contributed by atoms with Crippen LogP contribution in [0.25, 0.3) is 0 Å². The van der Waals surface area contributed by atoms with E-state index in [0.29, 0.717) is 19.6 Å². The molecule has 9 heteroatoms. The molecule has 1 aliphatic rings. The van der Waals surface area contributed by atoms with Crippen LogP contribution in [0.1, 0.15) is 27.8 Å². The lowest BCUT2D eigenvalue weighted by Gasteiger charge is -2.26. The molecule has 1 atom stereocenters. The Kier molecular flexibility index (Phi) is 7.54. The normalized spacial score (nSPS) is 16.2. The monoisotopic (exact) mass is 435 g/mol. The molecule has 0 saturated carbocycles. The van der Waals surface area contributed by atoms with Gasteiger partial charge in [-0.2, -0.15) is 5.10 Å². The van der Waals surface area contributed by atoms with Gasteiger partial charge in [0.15, 0.2) is 0 Å². The molecule has 0 fully saturated rings. The summed E-state index contributed by atoms with van der Waals surface area (Å²) in [5.41, 5.74) is 2.05. The Labute approximate surface area is 178 Å². The molecule has 3 heterocycles. The van der Waals surface area contributed by atoms with Gasteiger partial charge in [-0.05, 0) is 35.4 Å². The van der Waals surface area contributed by atoms with E-state index in [0.717, 1.165) is 21.0 Å². The number of nitrogens with zero attached hydrogens (tertiary/aromatic N) is 3. The number of aryl methyl sites for hydroxylation is 1. The first-order chi connectivity index (χ1) is 14.0. The second kappa shape index (κ2) is 10.1. The summed E-state index contributed by atoms with van der Waals surface area (Å²) in [4.78, 5) is 29.2. The van der Waals surface area contributed by atoms with Gasteiger partial charge in [0, 0.05) is 32.1 Å². The molecular formula is C20H25N3O4S2. The molecule has 29 heavy (non-hydrogen) atoms. The molecule has 0 saturated heterocycles. The van der Waals surface area contributed by atoms with Crippen LogP contribution in [-0.4, -0.2) is 68.0 Å². The van der Waals surface area contributed by atoms with Gasteiger partial charge < -0.3 is 14.4 Å². The number of ether oxygens (including phenoxy) is 2. The molecular weight excluding hydrogens is 410 g/mol. The fourth-order valence-electron chi connectivity index (χ4n) is 3.21. The molecule has 1 aliphatic heterocycles. The standard InChI is InChI=1S/C20H25N3O4S2/c1-14-6-10-29-20(14)16-11-15(17-5-4-9-28-17)21-23(16)18(24)12-22(7-8-26-2)19(25)13-27-3/h4-6,9-10,16H,7-8,11-13H2,1-3H3/t16-/m0/s1. The van der Waals surface area contributed by atoms with Crippen LogP contribution in [0.5, 0.6) is 0 Å². The van der Waals surface area contributed by atoms with Crippen LogP contribution in [-0.2, 0) is 19.1 Å². The highest BCUT2D eigenvalue weighted by Crippen LogP contribution is 2.37. The minimum atomic E-state index is -0.247. The lowest BCUT2D eigenvalue weighted by molar-refractivity contribution is -0.144. The van der Waals surface area contributed by atoms with Crippen molar-refractivity contribution < 1.29 is 19.1 Å². The molecule has 0 radical (unpaired) electrons. The first kappa shape index (κ1) is 21.6. The molecule has 2 aromatic heterocycles. The molecule has 0 spiro atoms. The third-order valence-corrected chi connectivity index (χ3v) is 6.73. The quantitative estimate of drug-likeness (QED) is 0.607. The maximum Gasteiger partial charge on any atom is 0.262 e. The fraction of sp³-hybridized carbons (Fsp3) is 0.450. The Hall–Kier alpha value is -2.07. The predicted octanol–water partition coefficient (Wildman–Crippen LogP) is 2.92. The molecule has 0 bridgehead atoms. The van der Waals surface area contributed by atoms with Crippen LogP contribution < -0.4 is 0 Å². The van der Waals surface area contributed by atoms with Crippen molar-refractivity contribution in [1.29, 1.82) is 0 Å². The number of hydrogen-bond donors (Lipinski definition) is 0. The fourth-order valence-corrected chi connectivity index (χ4v) is 4.94. The van der Waals surface area contributed by atoms with Crippen molar-refractivity contribution in [3.05, 3.63) is 44.3 Å². The van der Waals surface area contributed by atoms with Crippen molar-refractivity contribution in [2.75, 3.05) is 40.5 Å². The number of rotatable bonds is 9. The molecule has 2 amide bonds. The van der Waals surface area contributed by atoms with Crippen molar-refractivity contribution in [3.63, 3.8) is 0 Å². The maximum absolute atomic E-state index is 13.2. The maximum atomic E-state index is 13.2. The number of hydrazone groups is 1. The highest BCUT2D eigenvalue weighted by atomic mass is 32.1. The van der Waals surface area contributed by atoms with Crippen LogP contribution in [0.3, 0.4) is 0 Å². The first-order valence-corrected chi connectivity index (χ1v) is 11.0. The van der Waals surface area contributed by atoms with Crippen LogP contribution in [0.15, 0.2) is 34.1 Å². The summed E-state index contributed by atoms with van der Waals surface area (Å²) in [7, 11) is 3.02. The SMILES string of the molecule is COCCN(CC(=O)N1N=C(c2cccs2)C[C@H]1c1sccc1C)C(=O)COC. The van der Waals surface area contributed by atoms with Gasteiger partial charge in [0.25, 0.3) is 5.91 Å². The van der Waals surface area contributed by atoms with E-state index >= 15 is 0 Å². The van der Waals surface area contributed by atoms with E-state index in [4.69, 9.17) is 9.47 Å². The van der Waals surface area contributed by atoms with E-state index in [9.17, 15) is 9.59 Å². The minimum Gasteiger partial charge on any atom is -0.383 e. The largest absolute Gasteiger partial charge is 0.383 e. The van der Waals surface area contributed by atoms with E-state index in [2.05, 4.69) is 11.2 Å². The van der Waals surface area contributed by atoms with Crippen LogP contribution >= 0.6 is 22.7 Å². The van der Waals surface area contributed by atoms with Crippen molar-refractivity contribution in [2.24, 2.45) is 5.10 Å². The molecule has 156 valence electrons. The molecule has 0 unspecified atom stereocenters. The van der Waals surface area contributed by atoms with Gasteiger partial charge in [-0.1, -0.05) is 6.07 Å². The van der Waals surface area contributed by atoms with Gasteiger partial charge in [-0.15, -0.1) is 22.7 Å². The predicted molar refractivity (Wildman–Crippen MR) is 114 cm³/mol. The Bertz CT molecular complexity index is 863. The summed E-state index contributed by atoms with van der Waals surface area (Å²) in [6, 6.07) is 5.90. The number of amides is 2. The van der Waals surface area contributed by atoms with Crippen molar-refractivity contribution in [2.45, 2.75) is 19.4 Å². The van der Waals surface area contributed by atoms with E-state index in [1.807, 2.05) is 29.8 Å². The van der Waals surface area contributed by atoms with E-state index in [1.54, 1.807) is 34.8 Å². The second-order valence-electron chi connectivity index (χ2n) is 6.69. The highest BCUT2D eigenvalue weighted by Gasteiger charge is 2.35. The van der Waals surface area contributed by atoms with Crippen molar-refractivity contribution in [1.82, 2.24) is 9.91 Å². The molecule has 3 rings (SSSR count).